The molecule has 4 N–H and O–H groups in total. The summed E-state index contributed by atoms with van der Waals surface area (Å²) >= 11 is 0. The number of carboxylic acids is 1. The monoisotopic (exact) mass is 874 g/mol. The number of rotatable bonds is 20. The number of carbonyl (C=O) groups excluding carboxylic acids is 5. The van der Waals surface area contributed by atoms with Crippen LogP contribution in [0.15, 0.2) is 37.4 Å². The Morgan fingerprint density at radius 3 is 1.77 bits per heavy atom. The number of esters is 3. The summed E-state index contributed by atoms with van der Waals surface area (Å²) < 4.78 is 13.6. The van der Waals surface area contributed by atoms with E-state index >= 15 is 0 Å². The van der Waals surface area contributed by atoms with Gasteiger partial charge in [-0.25, -0.2) is 14.8 Å². The van der Waals surface area contributed by atoms with Gasteiger partial charge in [0.1, 0.15) is 5.92 Å². The zero-order valence-electron chi connectivity index (χ0n) is 39.3. The van der Waals surface area contributed by atoms with Crippen molar-refractivity contribution < 1.29 is 48.5 Å². The van der Waals surface area contributed by atoms with Crippen LogP contribution in [0, 0.1) is 58.7 Å². The Balaban J connectivity index is 0.000000617. The van der Waals surface area contributed by atoms with Crippen molar-refractivity contribution in [3.63, 3.8) is 0 Å². The van der Waals surface area contributed by atoms with Crippen LogP contribution in [0.2, 0.25) is 0 Å². The molecule has 0 aromatic carbocycles. The van der Waals surface area contributed by atoms with Gasteiger partial charge in [0.25, 0.3) is 0 Å². The lowest BCUT2D eigenvalue weighted by Gasteiger charge is -2.35. The maximum atomic E-state index is 13.5. The third-order valence-electron chi connectivity index (χ3n) is 12.3. The number of aryl methyl sites for hydroxylation is 2. The molecule has 0 bridgehead atoms. The van der Waals surface area contributed by atoms with E-state index in [1.54, 1.807) is 45.8 Å². The number of nitrogens with two attached hydrogens (primary N) is 1. The van der Waals surface area contributed by atoms with Gasteiger partial charge in [-0.2, -0.15) is 0 Å². The van der Waals surface area contributed by atoms with Crippen LogP contribution in [-0.4, -0.2) is 96.2 Å². The molecule has 4 rings (SSSR count). The number of aliphatic hydroxyl groups is 1. The van der Waals surface area contributed by atoms with Crippen LogP contribution < -0.4 is 5.73 Å². The van der Waals surface area contributed by atoms with E-state index in [0.717, 1.165) is 32.4 Å². The summed E-state index contributed by atoms with van der Waals surface area (Å²) in [5, 5.41) is 17.5. The fourth-order valence-corrected chi connectivity index (χ4v) is 8.11. The highest BCUT2D eigenvalue weighted by Crippen LogP contribution is 2.46. The summed E-state index contributed by atoms with van der Waals surface area (Å²) in [7, 11) is 0. The number of amides is 2. The van der Waals surface area contributed by atoms with E-state index in [4.69, 9.17) is 15.6 Å². The van der Waals surface area contributed by atoms with Gasteiger partial charge in [-0.1, -0.05) is 75.2 Å². The van der Waals surface area contributed by atoms with Gasteiger partial charge in [-0.05, 0) is 68.7 Å². The number of ether oxygens (including phenoxy) is 2. The number of imide groups is 1. The van der Waals surface area contributed by atoms with Crippen LogP contribution in [0.4, 0.5) is 0 Å². The summed E-state index contributed by atoms with van der Waals surface area (Å²) in [5.74, 6) is -6.17. The van der Waals surface area contributed by atoms with Gasteiger partial charge in [0.05, 0.1) is 49.9 Å². The number of carbonyl (C=O) groups is 6. The van der Waals surface area contributed by atoms with Gasteiger partial charge in [0.15, 0.2) is 0 Å². The predicted molar refractivity (Wildman–Crippen MR) is 235 cm³/mol. The lowest BCUT2D eigenvalue weighted by atomic mass is 9.67. The van der Waals surface area contributed by atoms with Crippen LogP contribution in [0.25, 0.3) is 0 Å². The highest BCUT2D eigenvalue weighted by Gasteiger charge is 2.54. The molecule has 6 atom stereocenters. The topological polar surface area (TPSA) is 226 Å². The molecule has 2 aromatic heterocycles. The molecular weight excluding hydrogens is 797 g/mol. The maximum absolute atomic E-state index is 13.5. The highest BCUT2D eigenvalue weighted by molar-refractivity contribution is 6.05. The predicted octanol–water partition coefficient (Wildman–Crippen LogP) is 6.21. The van der Waals surface area contributed by atoms with Crippen molar-refractivity contribution in [2.24, 2.45) is 57.5 Å². The SMILES string of the molecule is CCO.CCOC(=O)C(C)C(C(=O)O)C(C)(C)CCCC1C(=O)N(CCCn2ccnc2)C(=O)C1C(C)(C)CC.NCCCn1ccnc1.[CH2+]C1C(=O)OC(=O)C1C(C)(C)CC. The first-order valence-electron chi connectivity index (χ1n) is 22.1. The number of nitrogens with zero attached hydrogens (tertiary/aromatic N) is 5. The molecule has 62 heavy (non-hydrogen) atoms. The van der Waals surface area contributed by atoms with Gasteiger partial charge in [-0.3, -0.25) is 28.9 Å². The van der Waals surface area contributed by atoms with Gasteiger partial charge < -0.3 is 34.6 Å². The fraction of sp³-hybridized carbons (Fsp3) is 0.717. The molecule has 16 nitrogen and oxygen atoms in total. The molecule has 0 aliphatic carbocycles. The molecule has 2 amide bonds. The quantitative estimate of drug-likeness (QED) is 0.0583. The standard InChI is InChI=1S/C28H45N3O6.C10H15O3.C6H11N3.C2H6O/c1-8-27(4,5)22-20(23(32)31(24(22)33)16-11-15-30-17-14-29-18-30)12-10-13-28(6,7)21(25(34)35)19(3)26(36)37-9-2;1-5-10(3,4)7-6(2)8(11)13-9(7)12;7-2-1-4-9-5-3-8-6-9;1-2-3/h14,17-22H,8-13,15-16H2,1-7H3,(H,34,35);6-7H,2,5H2,1,3-4H3;3,5-6H,1-2,4,7H2;3H,2H2,1H3/q;+1;;. The molecule has 0 saturated carbocycles. The minimum atomic E-state index is -1.04. The molecule has 2 fully saturated rings. The second kappa shape index (κ2) is 26.1. The minimum Gasteiger partial charge on any atom is -0.481 e. The molecular formula is C46H77N6O10+. The number of aromatic nitrogens is 4. The van der Waals surface area contributed by atoms with Gasteiger partial charge in [0, 0.05) is 51.0 Å². The van der Waals surface area contributed by atoms with E-state index in [9.17, 15) is 33.9 Å². The van der Waals surface area contributed by atoms with Crippen LogP contribution >= 0.6 is 0 Å². The van der Waals surface area contributed by atoms with E-state index in [0.29, 0.717) is 38.8 Å². The molecule has 0 radical (unpaired) electrons. The van der Waals surface area contributed by atoms with Gasteiger partial charge in [-0.15, -0.1) is 0 Å². The van der Waals surface area contributed by atoms with Crippen LogP contribution in [0.1, 0.15) is 121 Å². The number of imidazole rings is 2. The molecule has 2 aromatic rings. The molecule has 0 spiro atoms. The average molecular weight is 874 g/mol. The summed E-state index contributed by atoms with van der Waals surface area (Å²) in [6.45, 7) is 27.6. The number of hydrogen-bond acceptors (Lipinski definition) is 12. The summed E-state index contributed by atoms with van der Waals surface area (Å²) in [5.41, 5.74) is 4.06. The largest absolute Gasteiger partial charge is 0.481 e. The Morgan fingerprint density at radius 1 is 0.839 bits per heavy atom. The van der Waals surface area contributed by atoms with Gasteiger partial charge in [0.2, 0.25) is 17.7 Å². The van der Waals surface area contributed by atoms with Crippen molar-refractivity contribution in [1.82, 2.24) is 24.0 Å². The fourth-order valence-electron chi connectivity index (χ4n) is 8.11. The third-order valence-corrected chi connectivity index (χ3v) is 12.3. The number of cyclic esters (lactones) is 2. The maximum Gasteiger partial charge on any atom is 0.362 e. The van der Waals surface area contributed by atoms with Crippen molar-refractivity contribution in [3.8, 4) is 0 Å². The van der Waals surface area contributed by atoms with E-state index in [1.165, 1.54) is 4.90 Å². The number of likely N-dealkylation sites (tertiary alicyclic amines) is 1. The smallest absolute Gasteiger partial charge is 0.362 e. The Bertz CT molecular complexity index is 1670. The molecule has 4 heterocycles. The van der Waals surface area contributed by atoms with E-state index < -0.39 is 58.9 Å². The first-order chi connectivity index (χ1) is 29.0. The molecule has 2 aliphatic rings. The Hall–Kier alpha value is -4.57. The normalized spacial score (nSPS) is 19.9. The van der Waals surface area contributed by atoms with E-state index in [1.807, 2.05) is 76.9 Å². The Labute approximate surface area is 369 Å². The van der Waals surface area contributed by atoms with Crippen molar-refractivity contribution in [1.29, 1.82) is 0 Å². The molecule has 2 aliphatic heterocycles. The molecule has 2 saturated heterocycles. The minimum absolute atomic E-state index is 0.105. The lowest BCUT2D eigenvalue weighted by Crippen LogP contribution is -2.40. The van der Waals surface area contributed by atoms with Crippen molar-refractivity contribution in [3.05, 3.63) is 44.4 Å². The lowest BCUT2D eigenvalue weighted by molar-refractivity contribution is -0.161. The van der Waals surface area contributed by atoms with Crippen molar-refractivity contribution in [2.75, 3.05) is 26.3 Å². The summed E-state index contributed by atoms with van der Waals surface area (Å²) in [4.78, 5) is 83.1. The first kappa shape index (κ1) is 55.4. The molecule has 6 unspecified atom stereocenters. The van der Waals surface area contributed by atoms with Crippen molar-refractivity contribution in [2.45, 2.75) is 134 Å². The van der Waals surface area contributed by atoms with Gasteiger partial charge >= 0.3 is 23.9 Å². The number of carboxylic acid groups (broad SMARTS) is 1. The Morgan fingerprint density at radius 2 is 1.35 bits per heavy atom. The van der Waals surface area contributed by atoms with Crippen LogP contribution in [0.3, 0.4) is 0 Å². The second-order valence-electron chi connectivity index (χ2n) is 18.1. The van der Waals surface area contributed by atoms with Crippen LogP contribution in [-0.2, 0) is 51.3 Å². The van der Waals surface area contributed by atoms with E-state index in [2.05, 4.69) is 21.6 Å². The van der Waals surface area contributed by atoms with Crippen molar-refractivity contribution >= 4 is 35.7 Å². The Kier molecular flexibility index (Phi) is 23.4. The van der Waals surface area contributed by atoms with Crippen LogP contribution in [0.5, 0.6) is 0 Å². The average Bonchev–Trinajstić information content (AvgIpc) is 4.01. The number of aliphatic hydroxyl groups excluding tert-OH is 1. The highest BCUT2D eigenvalue weighted by atomic mass is 16.6. The van der Waals surface area contributed by atoms with E-state index in [-0.39, 0.29) is 41.8 Å². The summed E-state index contributed by atoms with van der Waals surface area (Å²) in [6.07, 6.45) is 15.6. The zero-order chi connectivity index (χ0) is 47.4. The molecule has 16 heteroatoms. The number of aliphatic carboxylic acids is 1. The molecule has 350 valence electrons. The first-order valence-corrected chi connectivity index (χ1v) is 22.1. The second-order valence-corrected chi connectivity index (χ2v) is 18.1. The third kappa shape index (κ3) is 16.0. The summed E-state index contributed by atoms with van der Waals surface area (Å²) in [6, 6.07) is 0. The zero-order valence-corrected chi connectivity index (χ0v) is 39.3. The number of hydrogen-bond donors (Lipinski definition) is 3.